The third kappa shape index (κ3) is 3.94. The molecule has 0 fully saturated rings. The molecule has 1 amide bonds. The van der Waals surface area contributed by atoms with Crippen molar-refractivity contribution in [2.24, 2.45) is 0 Å². The van der Waals surface area contributed by atoms with Gasteiger partial charge in [0.25, 0.3) is 5.91 Å². The highest BCUT2D eigenvalue weighted by Gasteiger charge is 2.21. The fourth-order valence-corrected chi connectivity index (χ4v) is 2.78. The number of hydrogen-bond donors (Lipinski definition) is 1. The molecular formula is C22H18N2O4. The zero-order valence-electron chi connectivity index (χ0n) is 15.4. The third-order valence-electron chi connectivity index (χ3n) is 4.26. The molecule has 0 saturated carbocycles. The second kappa shape index (κ2) is 8.23. The Morgan fingerprint density at radius 1 is 1.00 bits per heavy atom. The highest BCUT2D eigenvalue weighted by Crippen LogP contribution is 2.29. The van der Waals surface area contributed by atoms with Crippen molar-refractivity contribution in [2.75, 3.05) is 12.4 Å². The number of fused-ring (bicyclic) bond motifs is 1. The molecule has 0 bridgehead atoms. The summed E-state index contributed by atoms with van der Waals surface area (Å²) in [5, 5.41) is 12.9. The number of methoxy groups -OCH3 is 1. The number of nitrogens with one attached hydrogen (secondary N) is 1. The van der Waals surface area contributed by atoms with E-state index in [0.717, 1.165) is 5.39 Å². The summed E-state index contributed by atoms with van der Waals surface area (Å²) in [5.74, 6) is -0.407. The van der Waals surface area contributed by atoms with Gasteiger partial charge in [-0.3, -0.25) is 4.79 Å². The zero-order valence-corrected chi connectivity index (χ0v) is 15.4. The van der Waals surface area contributed by atoms with Crippen LogP contribution < -0.4 is 10.1 Å². The number of carbonyl (C=O) groups is 2. The lowest BCUT2D eigenvalue weighted by Crippen LogP contribution is -2.30. The lowest BCUT2D eigenvalue weighted by Gasteiger charge is -2.15. The summed E-state index contributed by atoms with van der Waals surface area (Å²) in [6.45, 7) is 1.50. The number of nitriles is 1. The van der Waals surface area contributed by atoms with Gasteiger partial charge in [-0.2, -0.15) is 5.26 Å². The molecule has 0 unspecified atom stereocenters. The van der Waals surface area contributed by atoms with Crippen molar-refractivity contribution in [2.45, 2.75) is 13.0 Å². The maximum absolute atomic E-state index is 12.6. The van der Waals surface area contributed by atoms with Gasteiger partial charge < -0.3 is 14.8 Å². The Labute approximate surface area is 162 Å². The van der Waals surface area contributed by atoms with E-state index in [-0.39, 0.29) is 0 Å². The van der Waals surface area contributed by atoms with Gasteiger partial charge in [0.15, 0.2) is 6.10 Å². The first-order valence-electron chi connectivity index (χ1n) is 8.61. The van der Waals surface area contributed by atoms with Crippen molar-refractivity contribution in [3.05, 3.63) is 71.8 Å². The van der Waals surface area contributed by atoms with Crippen molar-refractivity contribution in [3.8, 4) is 11.8 Å². The van der Waals surface area contributed by atoms with Crippen molar-refractivity contribution >= 4 is 28.3 Å². The Kier molecular flexibility index (Phi) is 5.56. The molecular weight excluding hydrogens is 356 g/mol. The summed E-state index contributed by atoms with van der Waals surface area (Å²) < 4.78 is 10.7. The number of benzene rings is 3. The van der Waals surface area contributed by atoms with Crippen LogP contribution in [-0.4, -0.2) is 25.1 Å². The average Bonchev–Trinajstić information content (AvgIpc) is 2.73. The lowest BCUT2D eigenvalue weighted by molar-refractivity contribution is -0.123. The maximum Gasteiger partial charge on any atom is 0.339 e. The minimum absolute atomic E-state index is 0.356. The highest BCUT2D eigenvalue weighted by atomic mass is 16.5. The molecule has 0 radical (unpaired) electrons. The number of carbonyl (C=O) groups excluding carboxylic acids is 2. The van der Waals surface area contributed by atoms with Gasteiger partial charge in [-0.15, -0.1) is 0 Å². The van der Waals surface area contributed by atoms with Gasteiger partial charge >= 0.3 is 5.97 Å². The molecule has 6 heteroatoms. The van der Waals surface area contributed by atoms with Gasteiger partial charge in [0, 0.05) is 11.1 Å². The minimum Gasteiger partial charge on any atom is -0.496 e. The van der Waals surface area contributed by atoms with Gasteiger partial charge in [0.05, 0.1) is 24.3 Å². The predicted molar refractivity (Wildman–Crippen MR) is 105 cm³/mol. The van der Waals surface area contributed by atoms with Crippen LogP contribution in [0, 0.1) is 11.3 Å². The molecule has 1 N–H and O–H groups in total. The Morgan fingerprint density at radius 2 is 1.68 bits per heavy atom. The number of ether oxygens (including phenoxy) is 2. The molecule has 140 valence electrons. The second-order valence-corrected chi connectivity index (χ2v) is 6.09. The average molecular weight is 374 g/mol. The number of anilines is 1. The van der Waals surface area contributed by atoms with Crippen LogP contribution in [0.25, 0.3) is 10.8 Å². The molecule has 6 nitrogen and oxygen atoms in total. The molecule has 1 atom stereocenters. The fraction of sp³-hybridized carbons (Fsp3) is 0.136. The first kappa shape index (κ1) is 18.9. The summed E-state index contributed by atoms with van der Waals surface area (Å²) in [6, 6.07) is 19.1. The van der Waals surface area contributed by atoms with E-state index in [9.17, 15) is 9.59 Å². The molecule has 0 aromatic heterocycles. The van der Waals surface area contributed by atoms with Gasteiger partial charge in [0.2, 0.25) is 0 Å². The molecule has 0 aliphatic carbocycles. The Hall–Kier alpha value is -3.85. The summed E-state index contributed by atoms with van der Waals surface area (Å²) in [6.07, 6.45) is -0.996. The van der Waals surface area contributed by atoms with Crippen LogP contribution in [0.15, 0.2) is 60.7 Å². The molecule has 3 rings (SSSR count). The van der Waals surface area contributed by atoms with Gasteiger partial charge in [-0.25, -0.2) is 4.79 Å². The molecule has 3 aromatic carbocycles. The molecule has 3 aromatic rings. The molecule has 0 heterocycles. The van der Waals surface area contributed by atoms with Crippen LogP contribution in [0.2, 0.25) is 0 Å². The van der Waals surface area contributed by atoms with E-state index in [1.807, 2.05) is 24.3 Å². The number of hydrogen-bond acceptors (Lipinski definition) is 5. The smallest absolute Gasteiger partial charge is 0.339 e. The number of rotatable bonds is 5. The van der Waals surface area contributed by atoms with E-state index >= 15 is 0 Å². The second-order valence-electron chi connectivity index (χ2n) is 6.09. The van der Waals surface area contributed by atoms with Crippen LogP contribution in [-0.2, 0) is 9.53 Å². The Bertz CT molecular complexity index is 1070. The normalized spacial score (nSPS) is 11.3. The molecule has 0 aliphatic heterocycles. The highest BCUT2D eigenvalue weighted by molar-refractivity contribution is 6.07. The van der Waals surface area contributed by atoms with Crippen molar-refractivity contribution in [3.63, 3.8) is 0 Å². The van der Waals surface area contributed by atoms with E-state index in [0.29, 0.717) is 28.0 Å². The fourth-order valence-electron chi connectivity index (χ4n) is 2.78. The van der Waals surface area contributed by atoms with Gasteiger partial charge in [0.1, 0.15) is 5.75 Å². The topological polar surface area (TPSA) is 88.4 Å². The van der Waals surface area contributed by atoms with E-state index in [4.69, 9.17) is 14.7 Å². The van der Waals surface area contributed by atoms with Crippen LogP contribution in [0.1, 0.15) is 22.8 Å². The summed E-state index contributed by atoms with van der Waals surface area (Å²) in [7, 11) is 1.56. The third-order valence-corrected chi connectivity index (χ3v) is 4.26. The zero-order chi connectivity index (χ0) is 20.1. The van der Waals surface area contributed by atoms with Gasteiger partial charge in [-0.1, -0.05) is 24.3 Å². The Morgan fingerprint density at radius 3 is 2.32 bits per heavy atom. The van der Waals surface area contributed by atoms with Crippen LogP contribution in [0.4, 0.5) is 5.69 Å². The van der Waals surface area contributed by atoms with E-state index in [1.165, 1.54) is 6.92 Å². The molecule has 0 aliphatic rings. The summed E-state index contributed by atoms with van der Waals surface area (Å²) in [4.78, 5) is 25.0. The van der Waals surface area contributed by atoms with Crippen LogP contribution in [0.5, 0.6) is 5.75 Å². The van der Waals surface area contributed by atoms with Crippen LogP contribution in [0.3, 0.4) is 0 Å². The monoisotopic (exact) mass is 374 g/mol. The molecule has 0 saturated heterocycles. The lowest BCUT2D eigenvalue weighted by atomic mass is 10.0. The van der Waals surface area contributed by atoms with E-state index in [1.54, 1.807) is 49.6 Å². The number of amides is 1. The summed E-state index contributed by atoms with van der Waals surface area (Å²) >= 11 is 0. The van der Waals surface area contributed by atoms with Crippen molar-refractivity contribution < 1.29 is 19.1 Å². The standard InChI is InChI=1S/C22H18N2O4/c1-14(21(25)24-16-9-7-15(13-23)8-10-16)28-22(26)19-11-12-20(27-2)18-6-4-3-5-17(18)19/h3-12,14H,1-2H3,(H,24,25)/t14-/m1/s1. The van der Waals surface area contributed by atoms with Crippen molar-refractivity contribution in [1.82, 2.24) is 0 Å². The minimum atomic E-state index is -0.996. The Balaban J connectivity index is 1.74. The first-order valence-corrected chi connectivity index (χ1v) is 8.61. The number of esters is 1. The SMILES string of the molecule is COc1ccc(C(=O)O[C@H](C)C(=O)Nc2ccc(C#N)cc2)c2ccccc12. The molecule has 28 heavy (non-hydrogen) atoms. The molecule has 0 spiro atoms. The predicted octanol–water partition coefficient (Wildman–Crippen LogP) is 3.90. The quantitative estimate of drug-likeness (QED) is 0.684. The number of nitrogens with zero attached hydrogens (tertiary/aromatic N) is 1. The maximum atomic E-state index is 12.6. The van der Waals surface area contributed by atoms with Crippen molar-refractivity contribution in [1.29, 1.82) is 5.26 Å². The summed E-state index contributed by atoms with van der Waals surface area (Å²) in [5.41, 5.74) is 1.36. The van der Waals surface area contributed by atoms with Gasteiger partial charge in [-0.05, 0) is 48.7 Å². The van der Waals surface area contributed by atoms with Crippen LogP contribution >= 0.6 is 0 Å². The van der Waals surface area contributed by atoms with E-state index < -0.39 is 18.0 Å². The largest absolute Gasteiger partial charge is 0.496 e. The van der Waals surface area contributed by atoms with E-state index in [2.05, 4.69) is 5.32 Å². The first-order chi connectivity index (χ1) is 13.5.